The molecule has 1 amide bonds. The monoisotopic (exact) mass is 354 g/mol. The van der Waals surface area contributed by atoms with Gasteiger partial charge in [-0.3, -0.25) is 4.79 Å². The molecule has 0 aliphatic carbocycles. The number of likely N-dealkylation sites (tertiary alicyclic amines) is 1. The largest absolute Gasteiger partial charge is 0.496 e. The van der Waals surface area contributed by atoms with Crippen molar-refractivity contribution in [3.05, 3.63) is 28.2 Å². The molecule has 1 saturated heterocycles. The summed E-state index contributed by atoms with van der Waals surface area (Å²) in [7, 11) is 1.66. The molecule has 4 nitrogen and oxygen atoms in total. The number of nitrogens with zero attached hydrogens (tertiary/aromatic N) is 1. The molecule has 1 fully saturated rings. The summed E-state index contributed by atoms with van der Waals surface area (Å²) in [5, 5.41) is 0. The molecule has 1 heterocycles. The van der Waals surface area contributed by atoms with Gasteiger partial charge in [-0.1, -0.05) is 29.3 Å². The van der Waals surface area contributed by atoms with Crippen molar-refractivity contribution in [2.45, 2.75) is 44.7 Å². The SMILES string of the molecule is CCCC(N)C(=O)N1CCCC1c1cc(Br)ccc1OC. The first-order valence-electron chi connectivity index (χ1n) is 7.48. The van der Waals surface area contributed by atoms with E-state index < -0.39 is 6.04 Å². The molecule has 5 heteroatoms. The Labute approximate surface area is 134 Å². The second-order valence-corrected chi connectivity index (χ2v) is 6.39. The molecule has 116 valence electrons. The van der Waals surface area contributed by atoms with Crippen LogP contribution in [0.25, 0.3) is 0 Å². The average Bonchev–Trinajstić information content (AvgIpc) is 2.95. The van der Waals surface area contributed by atoms with Gasteiger partial charge >= 0.3 is 0 Å². The molecule has 0 spiro atoms. The summed E-state index contributed by atoms with van der Waals surface area (Å²) in [5.41, 5.74) is 7.07. The van der Waals surface area contributed by atoms with Gasteiger partial charge in [0.25, 0.3) is 0 Å². The van der Waals surface area contributed by atoms with E-state index in [4.69, 9.17) is 10.5 Å². The van der Waals surface area contributed by atoms with Crippen LogP contribution in [-0.4, -0.2) is 30.5 Å². The Morgan fingerprint density at radius 1 is 1.57 bits per heavy atom. The molecule has 2 atom stereocenters. The zero-order valence-corrected chi connectivity index (χ0v) is 14.2. The molecule has 0 saturated carbocycles. The molecular formula is C16H23BrN2O2. The highest BCUT2D eigenvalue weighted by atomic mass is 79.9. The standard InChI is InChI=1S/C16H23BrN2O2/c1-3-5-13(18)16(20)19-9-4-6-14(19)12-10-11(17)7-8-15(12)21-2/h7-8,10,13-14H,3-6,9,18H2,1-2H3. The van der Waals surface area contributed by atoms with Gasteiger partial charge in [-0.25, -0.2) is 0 Å². The number of rotatable bonds is 5. The second-order valence-electron chi connectivity index (χ2n) is 5.47. The number of amides is 1. The van der Waals surface area contributed by atoms with E-state index >= 15 is 0 Å². The Bertz CT molecular complexity index is 507. The molecule has 21 heavy (non-hydrogen) atoms. The van der Waals surface area contributed by atoms with Crippen molar-refractivity contribution in [3.63, 3.8) is 0 Å². The lowest BCUT2D eigenvalue weighted by atomic mass is 10.0. The quantitative estimate of drug-likeness (QED) is 0.882. The summed E-state index contributed by atoms with van der Waals surface area (Å²) in [5.74, 6) is 0.883. The van der Waals surface area contributed by atoms with E-state index in [9.17, 15) is 4.79 Å². The Hall–Kier alpha value is -1.07. The molecule has 1 aliphatic rings. The van der Waals surface area contributed by atoms with Crippen LogP contribution in [0.4, 0.5) is 0 Å². The van der Waals surface area contributed by atoms with Crippen LogP contribution in [0.15, 0.2) is 22.7 Å². The second kappa shape index (κ2) is 7.27. The van der Waals surface area contributed by atoms with Gasteiger partial charge in [0.1, 0.15) is 5.75 Å². The number of hydrogen-bond donors (Lipinski definition) is 1. The average molecular weight is 355 g/mol. The predicted molar refractivity (Wildman–Crippen MR) is 87.3 cm³/mol. The lowest BCUT2D eigenvalue weighted by Gasteiger charge is -2.28. The summed E-state index contributed by atoms with van der Waals surface area (Å²) in [4.78, 5) is 14.5. The van der Waals surface area contributed by atoms with Crippen LogP contribution in [0, 0.1) is 0 Å². The normalized spacial score (nSPS) is 19.6. The molecule has 2 N–H and O–H groups in total. The van der Waals surface area contributed by atoms with Crippen LogP contribution in [0.3, 0.4) is 0 Å². The highest BCUT2D eigenvalue weighted by Crippen LogP contribution is 2.38. The van der Waals surface area contributed by atoms with Gasteiger partial charge in [-0.15, -0.1) is 0 Å². The van der Waals surface area contributed by atoms with Crippen molar-refractivity contribution in [3.8, 4) is 5.75 Å². The van der Waals surface area contributed by atoms with Crippen LogP contribution in [-0.2, 0) is 4.79 Å². The third kappa shape index (κ3) is 3.58. The molecule has 2 unspecified atom stereocenters. The molecule has 1 aromatic rings. The number of nitrogens with two attached hydrogens (primary N) is 1. The lowest BCUT2D eigenvalue weighted by molar-refractivity contribution is -0.133. The highest BCUT2D eigenvalue weighted by molar-refractivity contribution is 9.10. The van der Waals surface area contributed by atoms with E-state index in [2.05, 4.69) is 15.9 Å². The van der Waals surface area contributed by atoms with E-state index in [0.717, 1.165) is 48.0 Å². The molecule has 2 rings (SSSR count). The van der Waals surface area contributed by atoms with Gasteiger partial charge in [-0.2, -0.15) is 0 Å². The maximum atomic E-state index is 12.6. The fourth-order valence-corrected chi connectivity index (χ4v) is 3.35. The topological polar surface area (TPSA) is 55.6 Å². The van der Waals surface area contributed by atoms with Gasteiger partial charge < -0.3 is 15.4 Å². The summed E-state index contributed by atoms with van der Waals surface area (Å²) in [6.45, 7) is 2.82. The zero-order valence-electron chi connectivity index (χ0n) is 12.6. The van der Waals surface area contributed by atoms with Crippen LogP contribution in [0.2, 0.25) is 0 Å². The third-order valence-corrected chi connectivity index (χ3v) is 4.50. The Balaban J connectivity index is 2.26. The summed E-state index contributed by atoms with van der Waals surface area (Å²) in [6.07, 6.45) is 3.62. The number of hydrogen-bond acceptors (Lipinski definition) is 3. The van der Waals surface area contributed by atoms with E-state index in [1.807, 2.05) is 30.0 Å². The molecule has 0 aromatic heterocycles. The van der Waals surface area contributed by atoms with Gasteiger partial charge in [0.05, 0.1) is 19.2 Å². The van der Waals surface area contributed by atoms with E-state index in [0.29, 0.717) is 0 Å². The number of carbonyl (C=O) groups is 1. The van der Waals surface area contributed by atoms with Crippen LogP contribution in [0.1, 0.15) is 44.2 Å². The van der Waals surface area contributed by atoms with Gasteiger partial charge in [0.2, 0.25) is 5.91 Å². The first-order chi connectivity index (χ1) is 10.1. The van der Waals surface area contributed by atoms with Crippen LogP contribution < -0.4 is 10.5 Å². The van der Waals surface area contributed by atoms with Crippen molar-refractivity contribution < 1.29 is 9.53 Å². The molecular weight excluding hydrogens is 332 g/mol. The minimum absolute atomic E-state index is 0.0568. The number of ether oxygens (including phenoxy) is 1. The van der Waals surface area contributed by atoms with Crippen LogP contribution >= 0.6 is 15.9 Å². The predicted octanol–water partition coefficient (Wildman–Crippen LogP) is 3.25. The Morgan fingerprint density at radius 3 is 3.00 bits per heavy atom. The number of carbonyl (C=O) groups excluding carboxylic acids is 1. The first kappa shape index (κ1) is 16.3. The van der Waals surface area contributed by atoms with Gasteiger partial charge in [0.15, 0.2) is 0 Å². The summed E-state index contributed by atoms with van der Waals surface area (Å²) in [6, 6.07) is 5.60. The maximum absolute atomic E-state index is 12.6. The summed E-state index contributed by atoms with van der Waals surface area (Å²) >= 11 is 3.50. The van der Waals surface area contributed by atoms with E-state index in [-0.39, 0.29) is 11.9 Å². The zero-order chi connectivity index (χ0) is 15.4. The molecule has 0 bridgehead atoms. The molecule has 1 aliphatic heterocycles. The Kier molecular flexibility index (Phi) is 5.65. The number of benzene rings is 1. The first-order valence-corrected chi connectivity index (χ1v) is 8.27. The minimum Gasteiger partial charge on any atom is -0.496 e. The fraction of sp³-hybridized carbons (Fsp3) is 0.562. The third-order valence-electron chi connectivity index (χ3n) is 4.00. The highest BCUT2D eigenvalue weighted by Gasteiger charge is 2.33. The molecule has 1 aromatic carbocycles. The van der Waals surface area contributed by atoms with E-state index in [1.54, 1.807) is 7.11 Å². The van der Waals surface area contributed by atoms with Crippen molar-refractivity contribution in [2.75, 3.05) is 13.7 Å². The molecule has 0 radical (unpaired) electrons. The van der Waals surface area contributed by atoms with Crippen molar-refractivity contribution in [2.24, 2.45) is 5.73 Å². The van der Waals surface area contributed by atoms with Crippen molar-refractivity contribution in [1.29, 1.82) is 0 Å². The number of methoxy groups -OCH3 is 1. The minimum atomic E-state index is -0.395. The maximum Gasteiger partial charge on any atom is 0.239 e. The van der Waals surface area contributed by atoms with Gasteiger partial charge in [0, 0.05) is 16.6 Å². The Morgan fingerprint density at radius 2 is 2.33 bits per heavy atom. The van der Waals surface area contributed by atoms with Crippen molar-refractivity contribution in [1.82, 2.24) is 4.90 Å². The van der Waals surface area contributed by atoms with E-state index in [1.165, 1.54) is 0 Å². The van der Waals surface area contributed by atoms with Crippen molar-refractivity contribution >= 4 is 21.8 Å². The summed E-state index contributed by atoms with van der Waals surface area (Å²) < 4.78 is 6.45. The lowest BCUT2D eigenvalue weighted by Crippen LogP contribution is -2.43. The van der Waals surface area contributed by atoms with Crippen LogP contribution in [0.5, 0.6) is 5.75 Å². The fourth-order valence-electron chi connectivity index (χ4n) is 2.97. The van der Waals surface area contributed by atoms with Gasteiger partial charge in [-0.05, 0) is 37.5 Å². The smallest absolute Gasteiger partial charge is 0.239 e. The number of halogens is 1.